The Hall–Kier alpha value is -0.750. The number of hydrogen-bond acceptors (Lipinski definition) is 3. The summed E-state index contributed by atoms with van der Waals surface area (Å²) in [6, 6.07) is -0.943. The predicted octanol–water partition coefficient (Wildman–Crippen LogP) is 4.30. The zero-order chi connectivity index (χ0) is 21.4. The molecule has 0 spiro atoms. The van der Waals surface area contributed by atoms with Crippen LogP contribution in [0.25, 0.3) is 0 Å². The van der Waals surface area contributed by atoms with Gasteiger partial charge in [-0.15, -0.1) is 0 Å². The second kappa shape index (κ2) is 6.88. The van der Waals surface area contributed by atoms with Crippen molar-refractivity contribution in [1.29, 1.82) is 0 Å². The van der Waals surface area contributed by atoms with Crippen molar-refractivity contribution in [3.05, 3.63) is 0 Å². The number of hydrogen-bond donors (Lipinski definition) is 3. The SMILES string of the molecule is C[C@H](C(N)C(=O)O)[C@H]1CCC2C3C(CC[C@@]21C)[C@@]1(C)CC[C@@H](O)C[C@H]1CC3(F)F. The lowest BCUT2D eigenvalue weighted by molar-refractivity contribution is -0.238. The third kappa shape index (κ3) is 3.07. The highest BCUT2D eigenvalue weighted by molar-refractivity contribution is 5.73. The fraction of sp³-hybridized carbons (Fsp3) is 0.957. The second-order valence-corrected chi connectivity index (χ2v) is 11.3. The Morgan fingerprint density at radius 2 is 1.69 bits per heavy atom. The van der Waals surface area contributed by atoms with E-state index in [0.29, 0.717) is 6.42 Å². The quantitative estimate of drug-likeness (QED) is 0.644. The number of aliphatic hydroxyl groups is 1. The fourth-order valence-corrected chi connectivity index (χ4v) is 8.51. The van der Waals surface area contributed by atoms with E-state index in [9.17, 15) is 15.0 Å². The number of carboxylic acid groups (broad SMARTS) is 1. The van der Waals surface area contributed by atoms with E-state index in [4.69, 9.17) is 5.73 Å². The molecule has 0 aromatic carbocycles. The van der Waals surface area contributed by atoms with Crippen LogP contribution in [0.5, 0.6) is 0 Å². The number of alkyl halides is 2. The number of fused-ring (bicyclic) bond motifs is 5. The Bertz CT molecular complexity index is 673. The summed E-state index contributed by atoms with van der Waals surface area (Å²) >= 11 is 0. The molecule has 29 heavy (non-hydrogen) atoms. The molecule has 4 nitrogen and oxygen atoms in total. The Labute approximate surface area is 172 Å². The summed E-state index contributed by atoms with van der Waals surface area (Å²) in [4.78, 5) is 11.5. The van der Waals surface area contributed by atoms with Gasteiger partial charge in [-0.3, -0.25) is 4.79 Å². The van der Waals surface area contributed by atoms with Crippen LogP contribution in [0.2, 0.25) is 0 Å². The molecule has 166 valence electrons. The van der Waals surface area contributed by atoms with Crippen molar-refractivity contribution in [1.82, 2.24) is 0 Å². The first-order valence-corrected chi connectivity index (χ1v) is 11.5. The van der Waals surface area contributed by atoms with E-state index in [-0.39, 0.29) is 46.8 Å². The number of carbonyl (C=O) groups is 1. The number of nitrogens with two attached hydrogens (primary N) is 1. The van der Waals surface area contributed by atoms with E-state index in [2.05, 4.69) is 13.8 Å². The summed E-state index contributed by atoms with van der Waals surface area (Å²) in [6.07, 6.45) is 4.71. The Morgan fingerprint density at radius 3 is 2.34 bits per heavy atom. The highest BCUT2D eigenvalue weighted by Gasteiger charge is 2.68. The lowest BCUT2D eigenvalue weighted by atomic mass is 9.43. The maximum absolute atomic E-state index is 15.6. The minimum Gasteiger partial charge on any atom is -0.480 e. The van der Waals surface area contributed by atoms with Crippen molar-refractivity contribution >= 4 is 5.97 Å². The molecule has 6 heteroatoms. The molecule has 4 N–H and O–H groups in total. The molecule has 0 amide bonds. The van der Waals surface area contributed by atoms with Crippen LogP contribution < -0.4 is 5.73 Å². The van der Waals surface area contributed by atoms with Crippen molar-refractivity contribution < 1.29 is 23.8 Å². The van der Waals surface area contributed by atoms with Crippen molar-refractivity contribution in [3.63, 3.8) is 0 Å². The summed E-state index contributed by atoms with van der Waals surface area (Å²) in [5.41, 5.74) is 5.57. The molecule has 0 aromatic rings. The average molecular weight is 414 g/mol. The zero-order valence-electron chi connectivity index (χ0n) is 17.9. The van der Waals surface area contributed by atoms with Gasteiger partial charge in [-0.05, 0) is 85.4 Å². The summed E-state index contributed by atoms with van der Waals surface area (Å²) in [5.74, 6) is -4.68. The molecule has 4 fully saturated rings. The van der Waals surface area contributed by atoms with E-state index >= 15 is 8.78 Å². The number of rotatable bonds is 3. The molecule has 4 aliphatic carbocycles. The maximum atomic E-state index is 15.6. The Balaban J connectivity index is 1.65. The van der Waals surface area contributed by atoms with Gasteiger partial charge >= 0.3 is 5.97 Å². The van der Waals surface area contributed by atoms with Crippen LogP contribution in [-0.2, 0) is 4.79 Å². The highest BCUT2D eigenvalue weighted by Crippen LogP contribution is 2.71. The largest absolute Gasteiger partial charge is 0.480 e. The summed E-state index contributed by atoms with van der Waals surface area (Å²) in [6.45, 7) is 6.22. The smallest absolute Gasteiger partial charge is 0.320 e. The molecule has 0 heterocycles. The average Bonchev–Trinajstić information content (AvgIpc) is 2.98. The van der Waals surface area contributed by atoms with Crippen molar-refractivity contribution in [2.45, 2.75) is 90.2 Å². The summed E-state index contributed by atoms with van der Waals surface area (Å²) in [5, 5.41) is 19.5. The first-order valence-electron chi connectivity index (χ1n) is 11.5. The highest BCUT2D eigenvalue weighted by atomic mass is 19.3. The van der Waals surface area contributed by atoms with Crippen molar-refractivity contribution in [3.8, 4) is 0 Å². The van der Waals surface area contributed by atoms with Gasteiger partial charge in [-0.2, -0.15) is 0 Å². The van der Waals surface area contributed by atoms with Gasteiger partial charge in [0.05, 0.1) is 6.10 Å². The molecule has 0 aliphatic heterocycles. The summed E-state index contributed by atoms with van der Waals surface area (Å²) < 4.78 is 31.3. The molecule has 4 rings (SSSR count). The van der Waals surface area contributed by atoms with E-state index in [1.54, 1.807) is 0 Å². The minimum atomic E-state index is -2.72. The zero-order valence-corrected chi connectivity index (χ0v) is 17.9. The first kappa shape index (κ1) is 21.5. The third-order valence-electron chi connectivity index (χ3n) is 10.2. The Kier molecular flexibility index (Phi) is 5.09. The molecule has 0 saturated heterocycles. The molecule has 4 unspecified atom stereocenters. The standard InChI is InChI=1S/C23H37F2NO3/c1-12(19(26)20(28)29)15-4-5-16-18-17(7-9-22(15,16)3)21(2)8-6-14(27)10-13(21)11-23(18,24)25/h12-19,27H,4-11,26H2,1-3H3,(H,28,29)/t12-,13-,14+,15+,16?,17?,18?,19?,21-,22+/m0/s1. The molecule has 0 radical (unpaired) electrons. The number of aliphatic hydroxyl groups excluding tert-OH is 1. The van der Waals surface area contributed by atoms with Crippen LogP contribution >= 0.6 is 0 Å². The van der Waals surface area contributed by atoms with Gasteiger partial charge < -0.3 is 15.9 Å². The molecule has 0 bridgehead atoms. The van der Waals surface area contributed by atoms with Crippen LogP contribution in [-0.4, -0.2) is 34.3 Å². The van der Waals surface area contributed by atoms with Crippen LogP contribution in [0.3, 0.4) is 0 Å². The van der Waals surface area contributed by atoms with Crippen LogP contribution in [0, 0.1) is 46.3 Å². The van der Waals surface area contributed by atoms with E-state index in [1.807, 2.05) is 6.92 Å². The minimum absolute atomic E-state index is 0.0102. The van der Waals surface area contributed by atoms with Gasteiger partial charge in [0.2, 0.25) is 0 Å². The normalized spacial score (nSPS) is 50.7. The Morgan fingerprint density at radius 1 is 1.07 bits per heavy atom. The van der Waals surface area contributed by atoms with Crippen molar-refractivity contribution in [2.24, 2.45) is 52.1 Å². The number of carboxylic acids is 1. The van der Waals surface area contributed by atoms with Crippen LogP contribution in [0.1, 0.15) is 72.1 Å². The van der Waals surface area contributed by atoms with Gasteiger partial charge in [-0.1, -0.05) is 20.8 Å². The number of halogens is 2. The monoisotopic (exact) mass is 413 g/mol. The van der Waals surface area contributed by atoms with Gasteiger partial charge in [0.15, 0.2) is 0 Å². The number of aliphatic carboxylic acids is 1. The fourth-order valence-electron chi connectivity index (χ4n) is 8.51. The maximum Gasteiger partial charge on any atom is 0.320 e. The van der Waals surface area contributed by atoms with Gasteiger partial charge in [-0.25, -0.2) is 8.78 Å². The third-order valence-corrected chi connectivity index (χ3v) is 10.2. The molecule has 4 aliphatic rings. The molecule has 4 saturated carbocycles. The van der Waals surface area contributed by atoms with E-state index in [1.165, 1.54) is 0 Å². The second-order valence-electron chi connectivity index (χ2n) is 11.3. The molecular weight excluding hydrogens is 376 g/mol. The van der Waals surface area contributed by atoms with Crippen LogP contribution in [0.15, 0.2) is 0 Å². The first-order chi connectivity index (χ1) is 13.4. The molecule has 0 aromatic heterocycles. The predicted molar refractivity (Wildman–Crippen MR) is 106 cm³/mol. The van der Waals surface area contributed by atoms with Gasteiger partial charge in [0.25, 0.3) is 5.92 Å². The lowest BCUT2D eigenvalue weighted by Crippen LogP contribution is -2.61. The van der Waals surface area contributed by atoms with E-state index in [0.717, 1.165) is 38.5 Å². The van der Waals surface area contributed by atoms with Gasteiger partial charge in [0.1, 0.15) is 6.04 Å². The topological polar surface area (TPSA) is 83.6 Å². The summed E-state index contributed by atoms with van der Waals surface area (Å²) in [7, 11) is 0. The van der Waals surface area contributed by atoms with Gasteiger partial charge in [0, 0.05) is 12.3 Å². The molecule has 10 atom stereocenters. The van der Waals surface area contributed by atoms with Crippen LogP contribution in [0.4, 0.5) is 8.78 Å². The van der Waals surface area contributed by atoms with Crippen molar-refractivity contribution in [2.75, 3.05) is 0 Å². The molecular formula is C23H37F2NO3. The lowest BCUT2D eigenvalue weighted by Gasteiger charge is -2.63. The van der Waals surface area contributed by atoms with E-state index < -0.39 is 30.0 Å².